The molecule has 9 aromatic rings. The van der Waals surface area contributed by atoms with Crippen molar-refractivity contribution in [2.75, 3.05) is 0 Å². The van der Waals surface area contributed by atoms with Gasteiger partial charge in [-0.15, -0.1) is 0 Å². The third-order valence-electron chi connectivity index (χ3n) is 10.3. The van der Waals surface area contributed by atoms with Crippen molar-refractivity contribution in [3.63, 3.8) is 0 Å². The van der Waals surface area contributed by atoms with Gasteiger partial charge in [0.2, 0.25) is 0 Å². The molecule has 1 aliphatic carbocycles. The highest BCUT2D eigenvalue weighted by Crippen LogP contribution is 2.56. The van der Waals surface area contributed by atoms with E-state index in [0.717, 1.165) is 0 Å². The maximum atomic E-state index is 2.46. The molecule has 0 unspecified atom stereocenters. The van der Waals surface area contributed by atoms with Crippen LogP contribution in [0.4, 0.5) is 0 Å². The van der Waals surface area contributed by atoms with Gasteiger partial charge in [0.1, 0.15) is 0 Å². The molecule has 0 atom stereocenters. The third kappa shape index (κ3) is 2.91. The van der Waals surface area contributed by atoms with Gasteiger partial charge in [0, 0.05) is 5.41 Å². The van der Waals surface area contributed by atoms with Gasteiger partial charge in [0.15, 0.2) is 0 Å². The van der Waals surface area contributed by atoms with Crippen molar-refractivity contribution in [2.24, 2.45) is 0 Å². The van der Waals surface area contributed by atoms with Gasteiger partial charge >= 0.3 is 0 Å². The highest BCUT2D eigenvalue weighted by molar-refractivity contribution is 6.26. The van der Waals surface area contributed by atoms with Crippen molar-refractivity contribution in [2.45, 2.75) is 19.3 Å². The highest BCUT2D eigenvalue weighted by Gasteiger charge is 2.39. The zero-order valence-electron chi connectivity index (χ0n) is 24.2. The fraction of sp³-hybridized carbons (Fsp3) is 0.0698. The topological polar surface area (TPSA) is 0 Å². The molecule has 200 valence electrons. The predicted octanol–water partition coefficient (Wildman–Crippen LogP) is 12.0. The molecular weight excluding hydrogens is 516 g/mol. The minimum absolute atomic E-state index is 0.123. The maximum Gasteiger partial charge on any atom is 0.0171 e. The van der Waals surface area contributed by atoms with Gasteiger partial charge in [-0.05, 0) is 104 Å². The SMILES string of the molecule is CC1(C)c2c(ccc3ccccc23)-c2c1c1ccc(-c3ccc4ccc5cccc6ccc3c4c56)cc1c1ccccc21. The van der Waals surface area contributed by atoms with E-state index in [9.17, 15) is 0 Å². The molecule has 0 saturated carbocycles. The molecule has 1 aliphatic rings. The molecule has 0 radical (unpaired) electrons. The van der Waals surface area contributed by atoms with Gasteiger partial charge in [-0.25, -0.2) is 0 Å². The van der Waals surface area contributed by atoms with Crippen molar-refractivity contribution in [3.8, 4) is 22.3 Å². The Balaban J connectivity index is 1.30. The number of hydrogen-bond donors (Lipinski definition) is 0. The van der Waals surface area contributed by atoms with Crippen molar-refractivity contribution in [3.05, 3.63) is 145 Å². The summed E-state index contributed by atoms with van der Waals surface area (Å²) in [6, 6.07) is 50.2. The van der Waals surface area contributed by atoms with E-state index in [1.165, 1.54) is 98.0 Å². The minimum atomic E-state index is -0.123. The van der Waals surface area contributed by atoms with E-state index in [-0.39, 0.29) is 5.41 Å². The van der Waals surface area contributed by atoms with E-state index < -0.39 is 0 Å². The minimum Gasteiger partial charge on any atom is -0.0616 e. The van der Waals surface area contributed by atoms with Crippen LogP contribution in [0.1, 0.15) is 25.0 Å². The first-order chi connectivity index (χ1) is 21.1. The van der Waals surface area contributed by atoms with Gasteiger partial charge in [-0.2, -0.15) is 0 Å². The third-order valence-corrected chi connectivity index (χ3v) is 10.3. The molecule has 0 aromatic heterocycles. The second-order valence-corrected chi connectivity index (χ2v) is 12.9. The van der Waals surface area contributed by atoms with Crippen LogP contribution in [0, 0.1) is 0 Å². The lowest BCUT2D eigenvalue weighted by Crippen LogP contribution is -2.16. The summed E-state index contributed by atoms with van der Waals surface area (Å²) in [5, 5.41) is 16.0. The Hall–Kier alpha value is -5.20. The van der Waals surface area contributed by atoms with Crippen LogP contribution in [0.25, 0.3) is 86.9 Å². The molecule has 0 N–H and O–H groups in total. The van der Waals surface area contributed by atoms with Crippen molar-refractivity contribution < 1.29 is 0 Å². The molecule has 0 heterocycles. The molecule has 0 aliphatic heterocycles. The fourth-order valence-corrected chi connectivity index (χ4v) is 8.55. The molecule has 0 bridgehead atoms. The number of rotatable bonds is 1. The van der Waals surface area contributed by atoms with Crippen LogP contribution in [0.15, 0.2) is 133 Å². The lowest BCUT2D eigenvalue weighted by molar-refractivity contribution is 0.672. The fourth-order valence-electron chi connectivity index (χ4n) is 8.55. The highest BCUT2D eigenvalue weighted by atomic mass is 14.4. The smallest absolute Gasteiger partial charge is 0.0171 e. The van der Waals surface area contributed by atoms with Crippen LogP contribution in [0.2, 0.25) is 0 Å². The molecule has 43 heavy (non-hydrogen) atoms. The zero-order valence-corrected chi connectivity index (χ0v) is 24.2. The van der Waals surface area contributed by atoms with Gasteiger partial charge in [0.25, 0.3) is 0 Å². The second-order valence-electron chi connectivity index (χ2n) is 12.9. The summed E-state index contributed by atoms with van der Waals surface area (Å²) >= 11 is 0. The normalized spacial score (nSPS) is 14.0. The standard InChI is InChI=1S/C43H28/c1-43(2)41-31-11-4-3-8-25(31)16-23-36(41)40-33-13-6-5-12-32(33)37-24-29(19-22-35(37)42(40)43)30-20-17-28-15-14-26-9-7-10-27-18-21-34(30)39(28)38(26)27/h3-24H,1-2H3. The Morgan fingerprint density at radius 1 is 0.372 bits per heavy atom. The Morgan fingerprint density at radius 2 is 0.977 bits per heavy atom. The molecule has 0 heteroatoms. The molecule has 0 fully saturated rings. The van der Waals surface area contributed by atoms with E-state index in [4.69, 9.17) is 0 Å². The Labute approximate surface area is 250 Å². The van der Waals surface area contributed by atoms with Crippen LogP contribution in [-0.4, -0.2) is 0 Å². The van der Waals surface area contributed by atoms with Crippen LogP contribution in [0.5, 0.6) is 0 Å². The van der Waals surface area contributed by atoms with Gasteiger partial charge in [-0.3, -0.25) is 0 Å². The molecule has 9 aromatic carbocycles. The van der Waals surface area contributed by atoms with E-state index >= 15 is 0 Å². The lowest BCUT2D eigenvalue weighted by Gasteiger charge is -2.25. The average molecular weight is 545 g/mol. The first-order valence-corrected chi connectivity index (χ1v) is 15.3. The number of hydrogen-bond acceptors (Lipinski definition) is 0. The lowest BCUT2D eigenvalue weighted by atomic mass is 9.77. The first-order valence-electron chi connectivity index (χ1n) is 15.3. The molecule has 10 rings (SSSR count). The summed E-state index contributed by atoms with van der Waals surface area (Å²) in [5.41, 5.74) is 8.14. The van der Waals surface area contributed by atoms with Crippen LogP contribution >= 0.6 is 0 Å². The Morgan fingerprint density at radius 3 is 1.81 bits per heavy atom. The van der Waals surface area contributed by atoms with Crippen LogP contribution in [-0.2, 0) is 5.41 Å². The maximum absolute atomic E-state index is 2.46. The summed E-state index contributed by atoms with van der Waals surface area (Å²) in [5.74, 6) is 0. The molecular formula is C43H28. The van der Waals surface area contributed by atoms with E-state index in [0.29, 0.717) is 0 Å². The first kappa shape index (κ1) is 23.4. The summed E-state index contributed by atoms with van der Waals surface area (Å²) in [7, 11) is 0. The quantitative estimate of drug-likeness (QED) is 0.180. The number of fused-ring (bicyclic) bond motifs is 10. The van der Waals surface area contributed by atoms with E-state index in [1.54, 1.807) is 0 Å². The monoisotopic (exact) mass is 544 g/mol. The summed E-state index contributed by atoms with van der Waals surface area (Å²) in [6.45, 7) is 4.85. The van der Waals surface area contributed by atoms with Crippen LogP contribution < -0.4 is 0 Å². The molecule has 0 saturated heterocycles. The summed E-state index contributed by atoms with van der Waals surface area (Å²) in [6.07, 6.45) is 0. The van der Waals surface area contributed by atoms with Gasteiger partial charge < -0.3 is 0 Å². The Bertz CT molecular complexity index is 2620. The molecule has 0 nitrogen and oxygen atoms in total. The van der Waals surface area contributed by atoms with Crippen LogP contribution in [0.3, 0.4) is 0 Å². The largest absolute Gasteiger partial charge is 0.0616 e. The molecule has 0 spiro atoms. The summed E-state index contributed by atoms with van der Waals surface area (Å²) in [4.78, 5) is 0. The second kappa shape index (κ2) is 8.00. The van der Waals surface area contributed by atoms with E-state index in [1.807, 2.05) is 0 Å². The van der Waals surface area contributed by atoms with Crippen molar-refractivity contribution in [1.29, 1.82) is 0 Å². The average Bonchev–Trinajstić information content (AvgIpc) is 3.30. The summed E-state index contributed by atoms with van der Waals surface area (Å²) < 4.78 is 0. The van der Waals surface area contributed by atoms with E-state index in [2.05, 4.69) is 147 Å². The number of benzene rings is 9. The Kier molecular flexibility index (Phi) is 4.35. The van der Waals surface area contributed by atoms with Gasteiger partial charge in [-0.1, -0.05) is 141 Å². The van der Waals surface area contributed by atoms with Crippen molar-refractivity contribution in [1.82, 2.24) is 0 Å². The van der Waals surface area contributed by atoms with Crippen molar-refractivity contribution >= 4 is 64.6 Å². The van der Waals surface area contributed by atoms with Gasteiger partial charge in [0.05, 0.1) is 0 Å². The predicted molar refractivity (Wildman–Crippen MR) is 186 cm³/mol. The molecule has 0 amide bonds. The zero-order chi connectivity index (χ0) is 28.4.